The summed E-state index contributed by atoms with van der Waals surface area (Å²) in [4.78, 5) is 9.90. The molecular formula is C12H16N2O5S. The highest BCUT2D eigenvalue weighted by atomic mass is 32.2. The number of hydrogen-bond acceptors (Lipinski definition) is 5. The van der Waals surface area contributed by atoms with Crippen molar-refractivity contribution in [3.05, 3.63) is 34.4 Å². The zero-order chi connectivity index (χ0) is 14.8. The number of non-ortho nitro benzene ring substituents is 1. The number of nitrogens with one attached hydrogen (secondary N) is 1. The molecule has 1 aromatic carbocycles. The molecule has 0 radical (unpaired) electrons. The van der Waals surface area contributed by atoms with Gasteiger partial charge in [-0.15, -0.1) is 0 Å². The molecule has 0 amide bonds. The van der Waals surface area contributed by atoms with Crippen molar-refractivity contribution in [1.29, 1.82) is 0 Å². The molecule has 0 spiro atoms. The van der Waals surface area contributed by atoms with E-state index in [9.17, 15) is 18.5 Å². The Morgan fingerprint density at radius 2 is 2.10 bits per heavy atom. The van der Waals surface area contributed by atoms with E-state index in [0.29, 0.717) is 6.42 Å². The number of rotatable bonds is 7. The van der Waals surface area contributed by atoms with E-state index in [1.54, 1.807) is 0 Å². The lowest BCUT2D eigenvalue weighted by Gasteiger charge is -2.14. The number of hydrogen-bond donors (Lipinski definition) is 2. The quantitative estimate of drug-likeness (QED) is 0.577. The van der Waals surface area contributed by atoms with E-state index in [-0.39, 0.29) is 29.1 Å². The summed E-state index contributed by atoms with van der Waals surface area (Å²) in [6.45, 7) is 0.275. The van der Waals surface area contributed by atoms with Crippen LogP contribution in [0.5, 0.6) is 0 Å². The van der Waals surface area contributed by atoms with Crippen molar-refractivity contribution >= 4 is 15.7 Å². The van der Waals surface area contributed by atoms with Crippen molar-refractivity contribution in [3.8, 4) is 0 Å². The van der Waals surface area contributed by atoms with E-state index in [2.05, 4.69) is 4.72 Å². The van der Waals surface area contributed by atoms with Gasteiger partial charge in [0.05, 0.1) is 9.82 Å². The van der Waals surface area contributed by atoms with Crippen LogP contribution in [0.1, 0.15) is 19.3 Å². The second kappa shape index (κ2) is 5.47. The first kappa shape index (κ1) is 14.9. The Hall–Kier alpha value is -1.51. The predicted molar refractivity (Wildman–Crippen MR) is 71.7 cm³/mol. The van der Waals surface area contributed by atoms with Gasteiger partial charge in [0.25, 0.3) is 5.69 Å². The fourth-order valence-corrected chi connectivity index (χ4v) is 3.22. The summed E-state index contributed by atoms with van der Waals surface area (Å²) in [7, 11) is -3.76. The van der Waals surface area contributed by atoms with Crippen LogP contribution in [0.25, 0.3) is 0 Å². The Balaban J connectivity index is 2.10. The van der Waals surface area contributed by atoms with E-state index in [1.807, 2.05) is 0 Å². The van der Waals surface area contributed by atoms with Crippen molar-refractivity contribution in [1.82, 2.24) is 4.72 Å². The average molecular weight is 300 g/mol. The Labute approximate surface area is 116 Å². The number of nitro benzene ring substituents is 1. The van der Waals surface area contributed by atoms with E-state index < -0.39 is 14.9 Å². The maximum absolute atomic E-state index is 12.1. The number of sulfonamides is 1. The van der Waals surface area contributed by atoms with Crippen LogP contribution in [-0.4, -0.2) is 31.6 Å². The minimum atomic E-state index is -3.76. The molecule has 1 fully saturated rings. The van der Waals surface area contributed by atoms with Gasteiger partial charge in [0, 0.05) is 25.3 Å². The largest absolute Gasteiger partial charge is 0.396 e. The lowest BCUT2D eigenvalue weighted by atomic mass is 10.0. The predicted octanol–water partition coefficient (Wildman–Crippen LogP) is 1.04. The maximum Gasteiger partial charge on any atom is 0.270 e. The van der Waals surface area contributed by atoms with Crippen LogP contribution in [0, 0.1) is 15.5 Å². The number of benzene rings is 1. The zero-order valence-corrected chi connectivity index (χ0v) is 11.6. The zero-order valence-electron chi connectivity index (χ0n) is 10.8. The van der Waals surface area contributed by atoms with Gasteiger partial charge in [-0.1, -0.05) is 6.07 Å². The van der Waals surface area contributed by atoms with E-state index in [0.717, 1.165) is 18.9 Å². The van der Waals surface area contributed by atoms with E-state index in [1.165, 1.54) is 18.2 Å². The Morgan fingerprint density at radius 1 is 1.40 bits per heavy atom. The molecule has 1 aliphatic carbocycles. The van der Waals surface area contributed by atoms with Gasteiger partial charge < -0.3 is 5.11 Å². The van der Waals surface area contributed by atoms with Gasteiger partial charge in [0.1, 0.15) is 0 Å². The molecule has 110 valence electrons. The molecule has 1 saturated carbocycles. The summed E-state index contributed by atoms with van der Waals surface area (Å²) >= 11 is 0. The number of nitrogens with zero attached hydrogens (tertiary/aromatic N) is 1. The SMILES string of the molecule is O=[N+]([O-])c1cccc(S(=O)(=O)NCC2(CCO)CC2)c1. The van der Waals surface area contributed by atoms with Gasteiger partial charge in [0.2, 0.25) is 10.0 Å². The van der Waals surface area contributed by atoms with Gasteiger partial charge >= 0.3 is 0 Å². The summed E-state index contributed by atoms with van der Waals surface area (Å²) < 4.78 is 26.6. The molecule has 1 aromatic rings. The van der Waals surface area contributed by atoms with Crippen LogP contribution in [-0.2, 0) is 10.0 Å². The van der Waals surface area contributed by atoms with Crippen LogP contribution >= 0.6 is 0 Å². The molecule has 2 rings (SSSR count). The molecule has 7 nitrogen and oxygen atoms in total. The third-order valence-electron chi connectivity index (χ3n) is 3.58. The third kappa shape index (κ3) is 3.33. The van der Waals surface area contributed by atoms with Gasteiger partial charge in [-0.05, 0) is 30.7 Å². The highest BCUT2D eigenvalue weighted by Crippen LogP contribution is 2.48. The molecule has 8 heteroatoms. The molecule has 20 heavy (non-hydrogen) atoms. The summed E-state index contributed by atoms with van der Waals surface area (Å²) in [5.74, 6) is 0. The van der Waals surface area contributed by atoms with Gasteiger partial charge in [0.15, 0.2) is 0 Å². The molecular weight excluding hydrogens is 284 g/mol. The standard InChI is InChI=1S/C12H16N2O5S/c15-7-6-12(4-5-12)9-13-20(18,19)11-3-1-2-10(8-11)14(16)17/h1-3,8,13,15H,4-7,9H2. The van der Waals surface area contributed by atoms with Gasteiger partial charge in [-0.2, -0.15) is 0 Å². The van der Waals surface area contributed by atoms with Crippen molar-refractivity contribution in [3.63, 3.8) is 0 Å². The van der Waals surface area contributed by atoms with Crippen molar-refractivity contribution in [2.75, 3.05) is 13.2 Å². The second-order valence-corrected chi connectivity index (χ2v) is 6.82. The molecule has 2 N–H and O–H groups in total. The summed E-state index contributed by atoms with van der Waals surface area (Å²) in [6.07, 6.45) is 2.32. The summed E-state index contributed by atoms with van der Waals surface area (Å²) in [5.41, 5.74) is -0.410. The minimum absolute atomic E-state index is 0.0263. The first-order valence-electron chi connectivity index (χ1n) is 6.24. The Morgan fingerprint density at radius 3 is 2.65 bits per heavy atom. The molecule has 0 atom stereocenters. The molecule has 0 aromatic heterocycles. The Kier molecular flexibility index (Phi) is 4.07. The Bertz CT molecular complexity index is 610. The second-order valence-electron chi connectivity index (χ2n) is 5.05. The van der Waals surface area contributed by atoms with Crippen molar-refractivity contribution < 1.29 is 18.4 Å². The number of aliphatic hydroxyl groups excluding tert-OH is 1. The van der Waals surface area contributed by atoms with Gasteiger partial charge in [-0.3, -0.25) is 10.1 Å². The molecule has 0 bridgehead atoms. The van der Waals surface area contributed by atoms with Crippen LogP contribution < -0.4 is 4.72 Å². The normalized spacial score (nSPS) is 16.9. The molecule has 0 aliphatic heterocycles. The summed E-state index contributed by atoms with van der Waals surface area (Å²) in [6, 6.07) is 4.94. The fourth-order valence-electron chi connectivity index (χ4n) is 2.02. The van der Waals surface area contributed by atoms with Gasteiger partial charge in [-0.25, -0.2) is 13.1 Å². The smallest absolute Gasteiger partial charge is 0.270 e. The van der Waals surface area contributed by atoms with Crippen LogP contribution in [0.4, 0.5) is 5.69 Å². The highest BCUT2D eigenvalue weighted by molar-refractivity contribution is 7.89. The third-order valence-corrected chi connectivity index (χ3v) is 4.97. The topological polar surface area (TPSA) is 110 Å². The number of aliphatic hydroxyl groups is 1. The lowest BCUT2D eigenvalue weighted by molar-refractivity contribution is -0.385. The van der Waals surface area contributed by atoms with E-state index >= 15 is 0 Å². The van der Waals surface area contributed by atoms with Crippen LogP contribution in [0.3, 0.4) is 0 Å². The van der Waals surface area contributed by atoms with Crippen LogP contribution in [0.2, 0.25) is 0 Å². The van der Waals surface area contributed by atoms with Crippen LogP contribution in [0.15, 0.2) is 29.2 Å². The molecule has 0 saturated heterocycles. The lowest BCUT2D eigenvalue weighted by Crippen LogP contribution is -2.30. The first-order valence-corrected chi connectivity index (χ1v) is 7.72. The van der Waals surface area contributed by atoms with Crippen molar-refractivity contribution in [2.24, 2.45) is 5.41 Å². The molecule has 1 aliphatic rings. The van der Waals surface area contributed by atoms with E-state index in [4.69, 9.17) is 5.11 Å². The molecule has 0 unspecified atom stereocenters. The maximum atomic E-state index is 12.1. The highest BCUT2D eigenvalue weighted by Gasteiger charge is 2.42. The fraction of sp³-hybridized carbons (Fsp3) is 0.500. The monoisotopic (exact) mass is 300 g/mol. The average Bonchev–Trinajstić information content (AvgIpc) is 3.18. The number of nitro groups is 1. The summed E-state index contributed by atoms with van der Waals surface area (Å²) in [5, 5.41) is 19.6. The minimum Gasteiger partial charge on any atom is -0.396 e. The molecule has 0 heterocycles. The first-order chi connectivity index (χ1) is 9.38. The van der Waals surface area contributed by atoms with Crippen molar-refractivity contribution in [2.45, 2.75) is 24.2 Å².